The van der Waals surface area contributed by atoms with E-state index in [0.717, 1.165) is 44.0 Å². The third-order valence-corrected chi connectivity index (χ3v) is 4.22. The van der Waals surface area contributed by atoms with Gasteiger partial charge in [0.05, 0.1) is 7.11 Å². The van der Waals surface area contributed by atoms with Gasteiger partial charge in [0.1, 0.15) is 6.04 Å². The van der Waals surface area contributed by atoms with Gasteiger partial charge in [0.2, 0.25) is 0 Å². The predicted octanol–water partition coefficient (Wildman–Crippen LogP) is 2.10. The molecule has 0 radical (unpaired) electrons. The molecule has 0 saturated carbocycles. The van der Waals surface area contributed by atoms with Crippen LogP contribution in [-0.2, 0) is 16.1 Å². The molecule has 1 aliphatic heterocycles. The van der Waals surface area contributed by atoms with Gasteiger partial charge in [0.25, 0.3) is 0 Å². The van der Waals surface area contributed by atoms with Gasteiger partial charge < -0.3 is 10.1 Å². The fourth-order valence-electron chi connectivity index (χ4n) is 2.31. The maximum atomic E-state index is 11.7. The number of rotatable bonds is 6. The van der Waals surface area contributed by atoms with E-state index in [2.05, 4.69) is 22.1 Å². The number of thiazole rings is 1. The first-order valence-corrected chi connectivity index (χ1v) is 7.56. The van der Waals surface area contributed by atoms with Crippen LogP contribution in [0.2, 0.25) is 0 Å². The van der Waals surface area contributed by atoms with Gasteiger partial charge in [0.15, 0.2) is 5.13 Å². The van der Waals surface area contributed by atoms with Crippen LogP contribution in [-0.4, -0.2) is 42.1 Å². The van der Waals surface area contributed by atoms with Gasteiger partial charge in [-0.25, -0.2) is 4.98 Å². The van der Waals surface area contributed by atoms with Gasteiger partial charge in [-0.1, -0.05) is 6.92 Å². The van der Waals surface area contributed by atoms with Crippen LogP contribution in [0.3, 0.4) is 0 Å². The van der Waals surface area contributed by atoms with Crippen LogP contribution in [0.15, 0.2) is 6.20 Å². The predicted molar refractivity (Wildman–Crippen MR) is 76.3 cm³/mol. The number of hydrogen-bond acceptors (Lipinski definition) is 6. The molecule has 0 aliphatic carbocycles. The van der Waals surface area contributed by atoms with E-state index >= 15 is 0 Å². The Kier molecular flexibility index (Phi) is 5.15. The van der Waals surface area contributed by atoms with E-state index in [1.807, 2.05) is 6.20 Å². The van der Waals surface area contributed by atoms with Crippen molar-refractivity contribution in [2.45, 2.75) is 38.8 Å². The van der Waals surface area contributed by atoms with Crippen molar-refractivity contribution >= 4 is 22.4 Å². The smallest absolute Gasteiger partial charge is 0.323 e. The summed E-state index contributed by atoms with van der Waals surface area (Å²) in [4.78, 5) is 19.4. The molecule has 5 nitrogen and oxygen atoms in total. The molecule has 106 valence electrons. The zero-order chi connectivity index (χ0) is 13.7. The van der Waals surface area contributed by atoms with E-state index in [-0.39, 0.29) is 12.0 Å². The van der Waals surface area contributed by atoms with Crippen molar-refractivity contribution < 1.29 is 9.53 Å². The zero-order valence-electron chi connectivity index (χ0n) is 11.5. The van der Waals surface area contributed by atoms with Crippen LogP contribution in [0.25, 0.3) is 0 Å². The van der Waals surface area contributed by atoms with Gasteiger partial charge in [0, 0.05) is 24.2 Å². The van der Waals surface area contributed by atoms with Crippen LogP contribution in [0.1, 0.15) is 31.1 Å². The molecule has 1 atom stereocenters. The number of likely N-dealkylation sites (tertiary alicyclic amines) is 1. The maximum absolute atomic E-state index is 11.7. The molecule has 2 rings (SSSR count). The van der Waals surface area contributed by atoms with Gasteiger partial charge in [-0.15, -0.1) is 11.3 Å². The van der Waals surface area contributed by atoms with Crippen molar-refractivity contribution in [1.29, 1.82) is 0 Å². The fourth-order valence-corrected chi connectivity index (χ4v) is 3.18. The number of nitrogens with zero attached hydrogens (tertiary/aromatic N) is 2. The van der Waals surface area contributed by atoms with Crippen LogP contribution in [0.5, 0.6) is 0 Å². The summed E-state index contributed by atoms with van der Waals surface area (Å²) in [6.45, 7) is 4.81. The highest BCUT2D eigenvalue weighted by Crippen LogP contribution is 2.25. The second-order valence-electron chi connectivity index (χ2n) is 4.71. The van der Waals surface area contributed by atoms with Crippen molar-refractivity contribution in [3.63, 3.8) is 0 Å². The lowest BCUT2D eigenvalue weighted by Gasteiger charge is -2.21. The van der Waals surface area contributed by atoms with Gasteiger partial charge in [-0.2, -0.15) is 0 Å². The minimum atomic E-state index is -0.119. The van der Waals surface area contributed by atoms with Crippen LogP contribution >= 0.6 is 11.3 Å². The lowest BCUT2D eigenvalue weighted by atomic mass is 10.2. The van der Waals surface area contributed by atoms with Gasteiger partial charge in [-0.05, 0) is 25.8 Å². The number of esters is 1. The third kappa shape index (κ3) is 3.67. The fraction of sp³-hybridized carbons (Fsp3) is 0.692. The molecule has 6 heteroatoms. The minimum absolute atomic E-state index is 0.0841. The van der Waals surface area contributed by atoms with Crippen LogP contribution < -0.4 is 5.32 Å². The quantitative estimate of drug-likeness (QED) is 0.810. The molecular weight excluding hydrogens is 262 g/mol. The van der Waals surface area contributed by atoms with Crippen LogP contribution in [0, 0.1) is 0 Å². The topological polar surface area (TPSA) is 54.5 Å². The molecular formula is C13H21N3O2S. The Morgan fingerprint density at radius 1 is 1.68 bits per heavy atom. The molecule has 0 aromatic carbocycles. The highest BCUT2D eigenvalue weighted by Gasteiger charge is 2.31. The summed E-state index contributed by atoms with van der Waals surface area (Å²) in [7, 11) is 1.46. The summed E-state index contributed by atoms with van der Waals surface area (Å²) in [6, 6.07) is -0.0841. The maximum Gasteiger partial charge on any atom is 0.323 e. The molecule has 1 aromatic heterocycles. The summed E-state index contributed by atoms with van der Waals surface area (Å²) in [6.07, 6.45) is 4.94. The number of anilines is 1. The third-order valence-electron chi connectivity index (χ3n) is 3.28. The van der Waals surface area contributed by atoms with Gasteiger partial charge in [-0.3, -0.25) is 9.69 Å². The Hall–Kier alpha value is -1.14. The van der Waals surface area contributed by atoms with Crippen LogP contribution in [0.4, 0.5) is 5.13 Å². The van der Waals surface area contributed by atoms with E-state index in [0.29, 0.717) is 0 Å². The lowest BCUT2D eigenvalue weighted by molar-refractivity contribution is -0.146. The average Bonchev–Trinajstić information content (AvgIpc) is 3.05. The summed E-state index contributed by atoms with van der Waals surface area (Å²) in [5.74, 6) is -0.119. The molecule has 0 amide bonds. The number of aromatic nitrogens is 1. The molecule has 1 aliphatic rings. The van der Waals surface area contributed by atoms with Gasteiger partial charge >= 0.3 is 5.97 Å². The standard InChI is InChI=1S/C13H21N3O2S/c1-3-6-14-13-15-8-10(19-13)9-16-7-4-5-11(16)12(17)18-2/h8,11H,3-7,9H2,1-2H3,(H,14,15). The molecule has 2 heterocycles. The first-order valence-electron chi connectivity index (χ1n) is 6.75. The Morgan fingerprint density at radius 2 is 2.53 bits per heavy atom. The number of nitrogens with one attached hydrogen (secondary N) is 1. The first-order chi connectivity index (χ1) is 9.24. The van der Waals surface area contributed by atoms with Crippen molar-refractivity contribution in [2.24, 2.45) is 0 Å². The molecule has 1 fully saturated rings. The molecule has 1 aromatic rings. The SMILES string of the molecule is CCCNc1ncc(CN2CCCC2C(=O)OC)s1. The monoisotopic (exact) mass is 283 g/mol. The van der Waals surface area contributed by atoms with E-state index < -0.39 is 0 Å². The molecule has 1 N–H and O–H groups in total. The summed E-state index contributed by atoms with van der Waals surface area (Å²) >= 11 is 1.67. The second kappa shape index (κ2) is 6.86. The largest absolute Gasteiger partial charge is 0.468 e. The van der Waals surface area contributed by atoms with E-state index in [4.69, 9.17) is 4.74 Å². The van der Waals surface area contributed by atoms with E-state index in [1.165, 1.54) is 12.0 Å². The highest BCUT2D eigenvalue weighted by atomic mass is 32.1. The Bertz CT molecular complexity index is 422. The average molecular weight is 283 g/mol. The Labute approximate surface area is 118 Å². The van der Waals surface area contributed by atoms with E-state index in [9.17, 15) is 4.79 Å². The van der Waals surface area contributed by atoms with Crippen molar-refractivity contribution in [3.8, 4) is 0 Å². The summed E-state index contributed by atoms with van der Waals surface area (Å²) in [5.41, 5.74) is 0. The molecule has 0 spiro atoms. The minimum Gasteiger partial charge on any atom is -0.468 e. The lowest BCUT2D eigenvalue weighted by Crippen LogP contribution is -2.36. The number of carbonyl (C=O) groups is 1. The zero-order valence-corrected chi connectivity index (χ0v) is 12.3. The first kappa shape index (κ1) is 14.3. The summed E-state index contributed by atoms with van der Waals surface area (Å²) < 4.78 is 4.86. The summed E-state index contributed by atoms with van der Waals surface area (Å²) in [5, 5.41) is 4.25. The van der Waals surface area contributed by atoms with Crippen molar-refractivity contribution in [2.75, 3.05) is 25.5 Å². The normalized spacial score (nSPS) is 19.6. The number of ether oxygens (including phenoxy) is 1. The molecule has 1 unspecified atom stereocenters. The molecule has 1 saturated heterocycles. The molecule has 0 bridgehead atoms. The number of methoxy groups -OCH3 is 1. The molecule has 19 heavy (non-hydrogen) atoms. The highest BCUT2D eigenvalue weighted by molar-refractivity contribution is 7.15. The van der Waals surface area contributed by atoms with Crippen molar-refractivity contribution in [1.82, 2.24) is 9.88 Å². The number of hydrogen-bond donors (Lipinski definition) is 1. The Balaban J connectivity index is 1.92. The Morgan fingerprint density at radius 3 is 3.26 bits per heavy atom. The second-order valence-corrected chi connectivity index (χ2v) is 5.83. The number of carbonyl (C=O) groups excluding carboxylic acids is 1. The van der Waals surface area contributed by atoms with Crippen molar-refractivity contribution in [3.05, 3.63) is 11.1 Å². The van der Waals surface area contributed by atoms with E-state index in [1.54, 1.807) is 11.3 Å².